The molecular formula is C17H19BrClN3O3. The molecule has 6 nitrogen and oxygen atoms in total. The molecule has 2 amide bonds. The summed E-state index contributed by atoms with van der Waals surface area (Å²) in [6.07, 6.45) is 0.967. The van der Waals surface area contributed by atoms with E-state index in [1.54, 1.807) is 41.3 Å². The van der Waals surface area contributed by atoms with Crippen LogP contribution >= 0.6 is 28.3 Å². The molecule has 134 valence electrons. The maximum atomic E-state index is 12.5. The lowest BCUT2D eigenvalue weighted by Gasteiger charge is -2.23. The number of amides is 2. The highest BCUT2D eigenvalue weighted by molar-refractivity contribution is 9.10. The minimum absolute atomic E-state index is 0. The number of anilines is 1. The van der Waals surface area contributed by atoms with Crippen LogP contribution in [0.15, 0.2) is 45.5 Å². The Bertz CT molecular complexity index is 742. The van der Waals surface area contributed by atoms with Crippen molar-refractivity contribution in [1.82, 2.24) is 10.2 Å². The van der Waals surface area contributed by atoms with E-state index in [0.717, 1.165) is 19.5 Å². The molecule has 2 heterocycles. The third kappa shape index (κ3) is 4.62. The highest BCUT2D eigenvalue weighted by Crippen LogP contribution is 2.17. The van der Waals surface area contributed by atoms with Gasteiger partial charge in [0, 0.05) is 30.9 Å². The summed E-state index contributed by atoms with van der Waals surface area (Å²) in [5, 5.41) is 5.99. The first-order valence-electron chi connectivity index (χ1n) is 7.69. The molecule has 1 fully saturated rings. The molecule has 0 spiro atoms. The highest BCUT2D eigenvalue weighted by atomic mass is 79.9. The number of benzene rings is 1. The van der Waals surface area contributed by atoms with E-state index in [2.05, 4.69) is 26.6 Å². The zero-order chi connectivity index (χ0) is 17.1. The molecule has 1 atom stereocenters. The fourth-order valence-corrected chi connectivity index (χ4v) is 2.97. The Labute approximate surface area is 160 Å². The number of furan rings is 1. The molecule has 2 N–H and O–H groups in total. The van der Waals surface area contributed by atoms with Crippen LogP contribution in [0.4, 0.5) is 5.69 Å². The van der Waals surface area contributed by atoms with Crippen molar-refractivity contribution in [1.29, 1.82) is 0 Å². The summed E-state index contributed by atoms with van der Waals surface area (Å²) in [5.41, 5.74) is 1.21. The number of carbonyl (C=O) groups excluding carboxylic acids is 2. The minimum Gasteiger partial charge on any atom is -0.444 e. The van der Waals surface area contributed by atoms with Gasteiger partial charge in [0.15, 0.2) is 10.4 Å². The fourth-order valence-electron chi connectivity index (χ4n) is 2.66. The number of halogens is 2. The number of hydrogen-bond donors (Lipinski definition) is 2. The minimum atomic E-state index is -0.339. The molecule has 1 aromatic carbocycles. The van der Waals surface area contributed by atoms with Crippen molar-refractivity contribution in [2.24, 2.45) is 0 Å². The van der Waals surface area contributed by atoms with Crippen LogP contribution in [0.2, 0.25) is 0 Å². The van der Waals surface area contributed by atoms with Gasteiger partial charge in [-0.1, -0.05) is 0 Å². The molecule has 1 unspecified atom stereocenters. The van der Waals surface area contributed by atoms with Crippen LogP contribution in [0.1, 0.15) is 27.3 Å². The Morgan fingerprint density at radius 2 is 1.96 bits per heavy atom. The first kappa shape index (κ1) is 19.5. The summed E-state index contributed by atoms with van der Waals surface area (Å²) in [5.74, 6) is -0.138. The van der Waals surface area contributed by atoms with Gasteiger partial charge in [-0.15, -0.1) is 12.4 Å². The fraction of sp³-hybridized carbons (Fsp3) is 0.294. The van der Waals surface area contributed by atoms with E-state index in [1.165, 1.54) is 0 Å². The van der Waals surface area contributed by atoms with Crippen LogP contribution in [0.25, 0.3) is 0 Å². The maximum Gasteiger partial charge on any atom is 0.291 e. The van der Waals surface area contributed by atoms with E-state index in [-0.39, 0.29) is 36.0 Å². The Balaban J connectivity index is 0.00000225. The first-order valence-corrected chi connectivity index (χ1v) is 8.48. The topological polar surface area (TPSA) is 74.6 Å². The zero-order valence-electron chi connectivity index (χ0n) is 13.6. The summed E-state index contributed by atoms with van der Waals surface area (Å²) >= 11 is 3.16. The average Bonchev–Trinajstić information content (AvgIpc) is 3.26. The van der Waals surface area contributed by atoms with Crippen molar-refractivity contribution < 1.29 is 14.0 Å². The molecular weight excluding hydrogens is 410 g/mol. The number of likely N-dealkylation sites (N-methyl/N-ethyl adjacent to an activating group) is 1. The summed E-state index contributed by atoms with van der Waals surface area (Å²) in [6, 6.07) is 10.3. The Kier molecular flexibility index (Phi) is 6.64. The molecule has 1 aromatic heterocycles. The van der Waals surface area contributed by atoms with Gasteiger partial charge in [-0.3, -0.25) is 9.59 Å². The van der Waals surface area contributed by atoms with E-state index in [0.29, 0.717) is 15.9 Å². The summed E-state index contributed by atoms with van der Waals surface area (Å²) in [4.78, 5) is 26.3. The van der Waals surface area contributed by atoms with Gasteiger partial charge in [-0.25, -0.2) is 0 Å². The SMILES string of the molecule is CN(C(=O)c1ccc(NC(=O)c2ccc(Br)o2)cc1)C1CCNC1.Cl. The molecule has 1 aliphatic heterocycles. The van der Waals surface area contributed by atoms with Crippen molar-refractivity contribution in [3.63, 3.8) is 0 Å². The highest BCUT2D eigenvalue weighted by Gasteiger charge is 2.24. The predicted molar refractivity (Wildman–Crippen MR) is 101 cm³/mol. The number of nitrogens with zero attached hydrogens (tertiary/aromatic N) is 1. The third-order valence-electron chi connectivity index (χ3n) is 4.09. The lowest BCUT2D eigenvalue weighted by atomic mass is 10.1. The number of rotatable bonds is 4. The Morgan fingerprint density at radius 1 is 1.24 bits per heavy atom. The summed E-state index contributed by atoms with van der Waals surface area (Å²) in [7, 11) is 1.82. The second-order valence-corrected chi connectivity index (χ2v) is 6.48. The molecule has 1 aliphatic rings. The van der Waals surface area contributed by atoms with Gasteiger partial charge in [0.05, 0.1) is 0 Å². The monoisotopic (exact) mass is 427 g/mol. The van der Waals surface area contributed by atoms with Crippen LogP contribution in [0.5, 0.6) is 0 Å². The number of nitrogens with one attached hydrogen (secondary N) is 2. The molecule has 0 aliphatic carbocycles. The van der Waals surface area contributed by atoms with E-state index < -0.39 is 0 Å². The third-order valence-corrected chi connectivity index (χ3v) is 4.52. The van der Waals surface area contributed by atoms with Crippen LogP contribution in [-0.4, -0.2) is 42.9 Å². The summed E-state index contributed by atoms with van der Waals surface area (Å²) in [6.45, 7) is 1.77. The second kappa shape index (κ2) is 8.51. The van der Waals surface area contributed by atoms with E-state index in [9.17, 15) is 9.59 Å². The van der Waals surface area contributed by atoms with Gasteiger partial charge >= 0.3 is 0 Å². The van der Waals surface area contributed by atoms with Crippen LogP contribution in [0.3, 0.4) is 0 Å². The van der Waals surface area contributed by atoms with Gasteiger partial charge < -0.3 is 20.0 Å². The standard InChI is InChI=1S/C17H18BrN3O3.ClH/c1-21(13-8-9-19-10-13)17(23)11-2-4-12(5-3-11)20-16(22)14-6-7-15(18)24-14;/h2-7,13,19H,8-10H2,1H3,(H,20,22);1H. The average molecular weight is 429 g/mol. The van der Waals surface area contributed by atoms with Crippen molar-refractivity contribution in [3.8, 4) is 0 Å². The van der Waals surface area contributed by atoms with Gasteiger partial charge in [-0.2, -0.15) is 0 Å². The van der Waals surface area contributed by atoms with E-state index >= 15 is 0 Å². The molecule has 25 heavy (non-hydrogen) atoms. The Morgan fingerprint density at radius 3 is 2.52 bits per heavy atom. The Hall–Kier alpha value is -1.83. The largest absolute Gasteiger partial charge is 0.444 e. The van der Waals surface area contributed by atoms with Crippen LogP contribution < -0.4 is 10.6 Å². The normalized spacial score (nSPS) is 16.2. The van der Waals surface area contributed by atoms with Crippen molar-refractivity contribution in [2.45, 2.75) is 12.5 Å². The molecule has 0 saturated carbocycles. The number of hydrogen-bond acceptors (Lipinski definition) is 4. The quantitative estimate of drug-likeness (QED) is 0.784. The molecule has 3 rings (SSSR count). The molecule has 2 aromatic rings. The van der Waals surface area contributed by atoms with Crippen LogP contribution in [0, 0.1) is 0 Å². The van der Waals surface area contributed by atoms with Gasteiger partial charge in [0.2, 0.25) is 0 Å². The smallest absolute Gasteiger partial charge is 0.291 e. The lowest BCUT2D eigenvalue weighted by molar-refractivity contribution is 0.0743. The second-order valence-electron chi connectivity index (χ2n) is 5.70. The maximum absolute atomic E-state index is 12.5. The van der Waals surface area contributed by atoms with Gasteiger partial charge in [0.1, 0.15) is 0 Å². The van der Waals surface area contributed by atoms with Gasteiger partial charge in [-0.05, 0) is 65.3 Å². The van der Waals surface area contributed by atoms with Crippen molar-refractivity contribution in [2.75, 3.05) is 25.5 Å². The summed E-state index contributed by atoms with van der Waals surface area (Å²) < 4.78 is 5.70. The number of carbonyl (C=O) groups is 2. The molecule has 0 radical (unpaired) electrons. The first-order chi connectivity index (χ1) is 11.5. The van der Waals surface area contributed by atoms with Crippen LogP contribution in [-0.2, 0) is 0 Å². The molecule has 0 bridgehead atoms. The van der Waals surface area contributed by atoms with E-state index in [4.69, 9.17) is 4.42 Å². The van der Waals surface area contributed by atoms with Crippen molar-refractivity contribution >= 4 is 45.8 Å². The molecule has 8 heteroatoms. The van der Waals surface area contributed by atoms with Gasteiger partial charge in [0.25, 0.3) is 11.8 Å². The predicted octanol–water partition coefficient (Wildman–Crippen LogP) is 3.15. The van der Waals surface area contributed by atoms with E-state index in [1.807, 2.05) is 7.05 Å². The lowest BCUT2D eigenvalue weighted by Crippen LogP contribution is -2.38. The zero-order valence-corrected chi connectivity index (χ0v) is 16.0. The molecule has 1 saturated heterocycles. The van der Waals surface area contributed by atoms with Crippen molar-refractivity contribution in [3.05, 3.63) is 52.4 Å².